The third-order valence-corrected chi connectivity index (χ3v) is 6.05. The number of halogens is 3. The van der Waals surface area contributed by atoms with Crippen LogP contribution in [0.5, 0.6) is 0 Å². The van der Waals surface area contributed by atoms with Gasteiger partial charge in [0.15, 0.2) is 5.69 Å². The topological polar surface area (TPSA) is 122 Å². The third kappa shape index (κ3) is 4.62. The minimum atomic E-state index is -5.08. The Kier molecular flexibility index (Phi) is 6.87. The second-order valence-electron chi connectivity index (χ2n) is 5.97. The molecule has 9 nitrogen and oxygen atoms in total. The zero-order valence-electron chi connectivity index (χ0n) is 16.0. The fourth-order valence-corrected chi connectivity index (χ4v) is 4.31. The minimum absolute atomic E-state index is 0.111. The molecule has 0 spiro atoms. The van der Waals surface area contributed by atoms with Gasteiger partial charge in [-0.2, -0.15) is 17.5 Å². The number of fused-ring (bicyclic) bond motifs is 3. The summed E-state index contributed by atoms with van der Waals surface area (Å²) in [6.07, 6.45) is -3.58. The molecule has 1 aromatic carbocycles. The molecule has 1 aliphatic rings. The van der Waals surface area contributed by atoms with Crippen molar-refractivity contribution in [2.75, 3.05) is 13.1 Å². The minimum Gasteiger partial charge on any atom is -0.475 e. The Hall–Kier alpha value is -2.93. The number of sulfonamides is 1. The molecule has 0 aliphatic carbocycles. The molecule has 0 saturated heterocycles. The average molecular weight is 448 g/mol. The molecule has 0 saturated carbocycles. The van der Waals surface area contributed by atoms with E-state index in [1.807, 2.05) is 6.92 Å². The van der Waals surface area contributed by atoms with E-state index < -0.39 is 22.2 Å². The number of imidazole rings is 1. The summed E-state index contributed by atoms with van der Waals surface area (Å²) in [7, 11) is -3.61. The van der Waals surface area contributed by atoms with Crippen LogP contribution in [0.1, 0.15) is 30.0 Å². The summed E-state index contributed by atoms with van der Waals surface area (Å²) < 4.78 is 60.4. The Morgan fingerprint density at radius 2 is 1.83 bits per heavy atom. The molecule has 164 valence electrons. The summed E-state index contributed by atoms with van der Waals surface area (Å²) in [4.78, 5) is 25.5. The predicted octanol–water partition coefficient (Wildman–Crippen LogP) is 1.78. The molecule has 1 amide bonds. The highest BCUT2D eigenvalue weighted by Crippen LogP contribution is 2.30. The zero-order valence-corrected chi connectivity index (χ0v) is 16.8. The molecule has 13 heteroatoms. The van der Waals surface area contributed by atoms with E-state index in [-0.39, 0.29) is 23.0 Å². The van der Waals surface area contributed by atoms with Crippen LogP contribution in [0.4, 0.5) is 13.2 Å². The van der Waals surface area contributed by atoms with Crippen LogP contribution in [-0.4, -0.2) is 58.5 Å². The first-order valence-corrected chi connectivity index (χ1v) is 10.1. The van der Waals surface area contributed by atoms with Gasteiger partial charge in [-0.15, -0.1) is 0 Å². The number of nitrogens with one attached hydrogen (secondary N) is 1. The number of nitrogens with zero attached hydrogens (tertiary/aromatic N) is 3. The van der Waals surface area contributed by atoms with Crippen LogP contribution in [0.25, 0.3) is 5.69 Å². The number of aliphatic carboxylic acids is 1. The van der Waals surface area contributed by atoms with Crippen LogP contribution in [0.15, 0.2) is 35.5 Å². The number of alkyl halides is 3. The van der Waals surface area contributed by atoms with Crippen LogP contribution in [0, 0.1) is 0 Å². The molecular weight excluding hydrogens is 429 g/mol. The maximum absolute atomic E-state index is 12.8. The summed E-state index contributed by atoms with van der Waals surface area (Å²) in [5.41, 5.74) is 1.35. The molecule has 0 atom stereocenters. The lowest BCUT2D eigenvalue weighted by Crippen LogP contribution is -2.31. The highest BCUT2D eigenvalue weighted by molar-refractivity contribution is 7.89. The second-order valence-corrected chi connectivity index (χ2v) is 7.88. The Morgan fingerprint density at radius 3 is 2.37 bits per heavy atom. The first kappa shape index (κ1) is 23.3. The van der Waals surface area contributed by atoms with Crippen molar-refractivity contribution in [3.63, 3.8) is 0 Å². The first-order valence-electron chi connectivity index (χ1n) is 8.69. The van der Waals surface area contributed by atoms with Gasteiger partial charge in [-0.25, -0.2) is 18.2 Å². The molecule has 0 radical (unpaired) electrons. The molecule has 30 heavy (non-hydrogen) atoms. The maximum Gasteiger partial charge on any atom is 0.490 e. The number of carbonyl (C=O) groups is 2. The molecule has 0 unspecified atom stereocenters. The molecule has 2 heterocycles. The van der Waals surface area contributed by atoms with Crippen molar-refractivity contribution >= 4 is 21.9 Å². The van der Waals surface area contributed by atoms with E-state index in [0.717, 1.165) is 0 Å². The van der Waals surface area contributed by atoms with Crippen LogP contribution in [0.2, 0.25) is 0 Å². The number of hydrogen-bond donors (Lipinski definition) is 2. The molecule has 1 aromatic heterocycles. The SMILES string of the molecule is CCNC(=O)c1ncn2c1CN(CC)S(=O)(=O)c1ccccc1-2.O=C(O)C(F)(F)F. The molecule has 0 bridgehead atoms. The number of aromatic nitrogens is 2. The van der Waals surface area contributed by atoms with Gasteiger partial charge in [-0.3, -0.25) is 9.36 Å². The quantitative estimate of drug-likeness (QED) is 0.738. The van der Waals surface area contributed by atoms with Crippen LogP contribution in [0.3, 0.4) is 0 Å². The lowest BCUT2D eigenvalue weighted by molar-refractivity contribution is -0.192. The number of hydrogen-bond acceptors (Lipinski definition) is 5. The van der Waals surface area contributed by atoms with Gasteiger partial charge in [0.2, 0.25) is 10.0 Å². The van der Waals surface area contributed by atoms with E-state index in [0.29, 0.717) is 24.5 Å². The molecular formula is C17H19F3N4O5S. The molecule has 0 fully saturated rings. The number of rotatable bonds is 3. The first-order chi connectivity index (χ1) is 13.9. The van der Waals surface area contributed by atoms with E-state index in [9.17, 15) is 26.4 Å². The Balaban J connectivity index is 0.000000396. The highest BCUT2D eigenvalue weighted by Gasteiger charge is 2.38. The van der Waals surface area contributed by atoms with Crippen LogP contribution < -0.4 is 5.32 Å². The monoisotopic (exact) mass is 448 g/mol. The van der Waals surface area contributed by atoms with E-state index >= 15 is 0 Å². The number of benzene rings is 1. The number of carbonyl (C=O) groups excluding carboxylic acids is 1. The third-order valence-electron chi connectivity index (χ3n) is 4.08. The van der Waals surface area contributed by atoms with Gasteiger partial charge in [0, 0.05) is 13.1 Å². The Morgan fingerprint density at radius 1 is 1.23 bits per heavy atom. The number of amides is 1. The Bertz CT molecular complexity index is 1050. The van der Waals surface area contributed by atoms with Crippen molar-refractivity contribution < 1.29 is 36.3 Å². The zero-order chi connectivity index (χ0) is 22.7. The lowest BCUT2D eigenvalue weighted by Gasteiger charge is -2.18. The molecule has 3 rings (SSSR count). The van der Waals surface area contributed by atoms with Gasteiger partial charge in [-0.05, 0) is 19.1 Å². The van der Waals surface area contributed by atoms with Crippen LogP contribution >= 0.6 is 0 Å². The van der Waals surface area contributed by atoms with Crippen molar-refractivity contribution in [1.29, 1.82) is 0 Å². The standard InChI is InChI=1S/C15H18N4O3S.C2HF3O2/c1-3-16-15(20)14-12-9-18(4-2)23(21,22)13-8-6-5-7-11(13)19(12)10-17-14;3-2(4,5)1(6)7/h5-8,10H,3-4,9H2,1-2H3,(H,16,20);(H,6,7). The number of carboxylic acid groups (broad SMARTS) is 1. The smallest absolute Gasteiger partial charge is 0.475 e. The van der Waals surface area contributed by atoms with Crippen molar-refractivity contribution in [3.05, 3.63) is 42.0 Å². The van der Waals surface area contributed by atoms with Gasteiger partial charge in [0.05, 0.1) is 17.9 Å². The summed E-state index contributed by atoms with van der Waals surface area (Å²) in [5.74, 6) is -3.05. The second kappa shape index (κ2) is 8.83. The maximum atomic E-state index is 12.8. The van der Waals surface area contributed by atoms with Gasteiger partial charge >= 0.3 is 12.1 Å². The molecule has 1 aliphatic heterocycles. The van der Waals surface area contributed by atoms with Gasteiger partial charge in [0.25, 0.3) is 5.91 Å². The highest BCUT2D eigenvalue weighted by atomic mass is 32.2. The van der Waals surface area contributed by atoms with Crippen LogP contribution in [-0.2, 0) is 21.4 Å². The van der Waals surface area contributed by atoms with Gasteiger partial charge < -0.3 is 10.4 Å². The summed E-state index contributed by atoms with van der Waals surface area (Å²) >= 11 is 0. The molecule has 2 aromatic rings. The normalized spacial score (nSPS) is 15.1. The van der Waals surface area contributed by atoms with Crippen molar-refractivity contribution in [1.82, 2.24) is 19.2 Å². The van der Waals surface area contributed by atoms with E-state index in [2.05, 4.69) is 10.3 Å². The van der Waals surface area contributed by atoms with E-state index in [1.54, 1.807) is 35.8 Å². The average Bonchev–Trinajstić information content (AvgIpc) is 3.05. The van der Waals surface area contributed by atoms with Crippen molar-refractivity contribution in [2.24, 2.45) is 0 Å². The van der Waals surface area contributed by atoms with Gasteiger partial charge in [-0.1, -0.05) is 19.1 Å². The summed E-state index contributed by atoms with van der Waals surface area (Å²) in [6.45, 7) is 4.51. The largest absolute Gasteiger partial charge is 0.490 e. The lowest BCUT2D eigenvalue weighted by atomic mass is 10.2. The van der Waals surface area contributed by atoms with Gasteiger partial charge in [0.1, 0.15) is 11.2 Å². The van der Waals surface area contributed by atoms with Crippen molar-refractivity contribution in [3.8, 4) is 5.69 Å². The number of carboxylic acids is 1. The predicted molar refractivity (Wildman–Crippen MR) is 98.5 cm³/mol. The van der Waals surface area contributed by atoms with E-state index in [4.69, 9.17) is 9.90 Å². The van der Waals surface area contributed by atoms with Crippen molar-refractivity contribution in [2.45, 2.75) is 31.5 Å². The van der Waals surface area contributed by atoms with E-state index in [1.165, 1.54) is 10.6 Å². The summed E-state index contributed by atoms with van der Waals surface area (Å²) in [6, 6.07) is 6.76. The Labute approximate surface area is 170 Å². The fraction of sp³-hybridized carbons (Fsp3) is 0.353. The summed E-state index contributed by atoms with van der Waals surface area (Å²) in [5, 5.41) is 9.84. The number of para-hydroxylation sites is 1. The molecule has 2 N–H and O–H groups in total. The fourth-order valence-electron chi connectivity index (χ4n) is 2.71.